The second-order valence-corrected chi connectivity index (χ2v) is 7.72. The lowest BCUT2D eigenvalue weighted by Gasteiger charge is -2.21. The second kappa shape index (κ2) is 11.4. The van der Waals surface area contributed by atoms with Crippen LogP contribution < -0.4 is 10.1 Å². The van der Waals surface area contributed by atoms with Crippen LogP contribution in [-0.4, -0.2) is 43.2 Å². The fourth-order valence-electron chi connectivity index (χ4n) is 2.61. The van der Waals surface area contributed by atoms with Gasteiger partial charge in [-0.3, -0.25) is 9.59 Å². The van der Waals surface area contributed by atoms with Crippen molar-refractivity contribution >= 4 is 23.6 Å². The fraction of sp³-hybridized carbons (Fsp3) is 0.364. The number of para-hydroxylation sites is 1. The summed E-state index contributed by atoms with van der Waals surface area (Å²) < 4.78 is 5.72. The summed E-state index contributed by atoms with van der Waals surface area (Å²) in [5.74, 6) is 1.25. The van der Waals surface area contributed by atoms with E-state index in [1.54, 1.807) is 25.9 Å². The number of benzene rings is 2. The lowest BCUT2D eigenvalue weighted by molar-refractivity contribution is -0.130. The summed E-state index contributed by atoms with van der Waals surface area (Å²) in [7, 11) is 3.39. The zero-order valence-corrected chi connectivity index (χ0v) is 17.5. The Labute approximate surface area is 171 Å². The first-order valence-corrected chi connectivity index (χ1v) is 10.4. The van der Waals surface area contributed by atoms with E-state index in [0.29, 0.717) is 12.2 Å². The van der Waals surface area contributed by atoms with Gasteiger partial charge in [-0.2, -0.15) is 0 Å². The maximum atomic E-state index is 12.4. The van der Waals surface area contributed by atoms with E-state index in [-0.39, 0.29) is 24.5 Å². The summed E-state index contributed by atoms with van der Waals surface area (Å²) in [6.45, 7) is 1.99. The molecule has 6 heteroatoms. The zero-order chi connectivity index (χ0) is 20.4. The van der Waals surface area contributed by atoms with Gasteiger partial charge in [-0.25, -0.2) is 0 Å². The molecule has 0 bridgehead atoms. The highest BCUT2D eigenvalue weighted by Crippen LogP contribution is 2.27. The average molecular weight is 401 g/mol. The number of ether oxygens (including phenoxy) is 1. The predicted octanol–water partition coefficient (Wildman–Crippen LogP) is 3.90. The normalized spacial score (nSPS) is 11.5. The first kappa shape index (κ1) is 21.8. The van der Waals surface area contributed by atoms with Crippen molar-refractivity contribution in [3.63, 3.8) is 0 Å². The molecule has 0 spiro atoms. The summed E-state index contributed by atoms with van der Waals surface area (Å²) in [4.78, 5) is 26.9. The van der Waals surface area contributed by atoms with E-state index in [0.717, 1.165) is 22.6 Å². The molecule has 28 heavy (non-hydrogen) atoms. The number of likely N-dealkylation sites (N-methyl/N-ethyl adjacent to an activating group) is 1. The molecule has 150 valence electrons. The Hall–Kier alpha value is -2.47. The van der Waals surface area contributed by atoms with Crippen molar-refractivity contribution in [2.24, 2.45) is 0 Å². The van der Waals surface area contributed by atoms with Crippen molar-refractivity contribution in [1.29, 1.82) is 0 Å². The maximum Gasteiger partial charge on any atom is 0.259 e. The topological polar surface area (TPSA) is 58.6 Å². The third kappa shape index (κ3) is 6.93. The Morgan fingerprint density at radius 2 is 1.75 bits per heavy atom. The molecule has 0 aliphatic heterocycles. The molecule has 0 saturated heterocycles. The highest BCUT2D eigenvalue weighted by atomic mass is 32.2. The van der Waals surface area contributed by atoms with Crippen molar-refractivity contribution in [1.82, 2.24) is 10.2 Å². The minimum absolute atomic E-state index is 0.00875. The molecule has 0 saturated carbocycles. The molecule has 0 aliphatic carbocycles. The Bertz CT molecular complexity index is 765. The maximum absolute atomic E-state index is 12.4. The molecule has 0 aromatic heterocycles. The second-order valence-electron chi connectivity index (χ2n) is 6.55. The average Bonchev–Trinajstić information content (AvgIpc) is 2.71. The van der Waals surface area contributed by atoms with Crippen LogP contribution in [0.25, 0.3) is 0 Å². The molecule has 2 amide bonds. The number of thioether (sulfide) groups is 1. The SMILES string of the molecule is CCC(NC(=O)CCSc1ccccc1)c1ccccc1OCC(=O)N(C)C. The number of hydrogen-bond donors (Lipinski definition) is 1. The van der Waals surface area contributed by atoms with Gasteiger partial charge in [0.05, 0.1) is 6.04 Å². The molecule has 0 heterocycles. The third-order valence-corrected chi connectivity index (χ3v) is 5.24. The molecule has 0 radical (unpaired) electrons. The molecule has 2 rings (SSSR count). The van der Waals surface area contributed by atoms with Crippen LogP contribution >= 0.6 is 11.8 Å². The van der Waals surface area contributed by atoms with Gasteiger partial charge in [0.15, 0.2) is 6.61 Å². The first-order valence-electron chi connectivity index (χ1n) is 9.40. The molecular weight excluding hydrogens is 372 g/mol. The molecule has 5 nitrogen and oxygen atoms in total. The molecule has 1 atom stereocenters. The number of hydrogen-bond acceptors (Lipinski definition) is 4. The van der Waals surface area contributed by atoms with Crippen molar-refractivity contribution < 1.29 is 14.3 Å². The standard InChI is InChI=1S/C22H28N2O3S/c1-4-19(23-21(25)14-15-28-17-10-6-5-7-11-17)18-12-8-9-13-20(18)27-16-22(26)24(2)3/h5-13,19H,4,14-16H2,1-3H3,(H,23,25). The van der Waals surface area contributed by atoms with Gasteiger partial charge >= 0.3 is 0 Å². The van der Waals surface area contributed by atoms with Gasteiger partial charge in [-0.15, -0.1) is 11.8 Å². The summed E-state index contributed by atoms with van der Waals surface area (Å²) in [5, 5.41) is 3.09. The smallest absolute Gasteiger partial charge is 0.259 e. The van der Waals surface area contributed by atoms with Crippen molar-refractivity contribution in [2.75, 3.05) is 26.5 Å². The molecule has 2 aromatic carbocycles. The van der Waals surface area contributed by atoms with Gasteiger partial charge in [0.1, 0.15) is 5.75 Å². The first-order chi connectivity index (χ1) is 13.5. The zero-order valence-electron chi connectivity index (χ0n) is 16.7. The van der Waals surface area contributed by atoms with Crippen LogP contribution in [-0.2, 0) is 9.59 Å². The van der Waals surface area contributed by atoms with E-state index >= 15 is 0 Å². The van der Waals surface area contributed by atoms with Crippen LogP contribution in [0.4, 0.5) is 0 Å². The summed E-state index contributed by atoms with van der Waals surface area (Å²) in [6.07, 6.45) is 1.18. The molecule has 0 fully saturated rings. The molecule has 1 N–H and O–H groups in total. The van der Waals surface area contributed by atoms with Gasteiger partial charge < -0.3 is 15.0 Å². The number of rotatable bonds is 10. The van der Waals surface area contributed by atoms with E-state index in [9.17, 15) is 9.59 Å². The van der Waals surface area contributed by atoms with Gasteiger partial charge in [0.25, 0.3) is 5.91 Å². The lowest BCUT2D eigenvalue weighted by atomic mass is 10.0. The monoisotopic (exact) mass is 400 g/mol. The minimum atomic E-state index is -0.153. The number of amides is 2. The fourth-order valence-corrected chi connectivity index (χ4v) is 3.49. The van der Waals surface area contributed by atoms with Crippen LogP contribution in [0.2, 0.25) is 0 Å². The van der Waals surface area contributed by atoms with E-state index in [1.165, 1.54) is 4.90 Å². The van der Waals surface area contributed by atoms with Crippen LogP contribution in [0.1, 0.15) is 31.4 Å². The molecule has 1 unspecified atom stereocenters. The van der Waals surface area contributed by atoms with Gasteiger partial charge in [-0.1, -0.05) is 43.3 Å². The Morgan fingerprint density at radius 1 is 1.07 bits per heavy atom. The highest BCUT2D eigenvalue weighted by molar-refractivity contribution is 7.99. The minimum Gasteiger partial charge on any atom is -0.483 e. The van der Waals surface area contributed by atoms with Gasteiger partial charge in [0.2, 0.25) is 5.91 Å². The summed E-state index contributed by atoms with van der Waals surface area (Å²) >= 11 is 1.67. The predicted molar refractivity (Wildman–Crippen MR) is 114 cm³/mol. The number of carbonyl (C=O) groups excluding carboxylic acids is 2. The van der Waals surface area contributed by atoms with E-state index < -0.39 is 0 Å². The number of carbonyl (C=O) groups is 2. The van der Waals surface area contributed by atoms with Crippen LogP contribution in [0, 0.1) is 0 Å². The molecule has 2 aromatic rings. The Morgan fingerprint density at radius 3 is 2.43 bits per heavy atom. The van der Waals surface area contributed by atoms with Crippen molar-refractivity contribution in [3.8, 4) is 5.75 Å². The molecular formula is C22H28N2O3S. The third-order valence-electron chi connectivity index (χ3n) is 4.23. The van der Waals surface area contributed by atoms with Gasteiger partial charge in [-0.05, 0) is 24.6 Å². The highest BCUT2D eigenvalue weighted by Gasteiger charge is 2.17. The van der Waals surface area contributed by atoms with E-state index in [4.69, 9.17) is 4.74 Å². The van der Waals surface area contributed by atoms with Gasteiger partial charge in [0, 0.05) is 36.7 Å². The van der Waals surface area contributed by atoms with Crippen LogP contribution in [0.3, 0.4) is 0 Å². The lowest BCUT2D eigenvalue weighted by Crippen LogP contribution is -2.30. The van der Waals surface area contributed by atoms with Crippen molar-refractivity contribution in [3.05, 3.63) is 60.2 Å². The summed E-state index contributed by atoms with van der Waals surface area (Å²) in [6, 6.07) is 17.4. The Kier molecular flexibility index (Phi) is 8.88. The molecule has 0 aliphatic rings. The van der Waals surface area contributed by atoms with Crippen molar-refractivity contribution in [2.45, 2.75) is 30.7 Å². The van der Waals surface area contributed by atoms with Crippen LogP contribution in [0.5, 0.6) is 5.75 Å². The quantitative estimate of drug-likeness (QED) is 0.615. The largest absolute Gasteiger partial charge is 0.483 e. The van der Waals surface area contributed by atoms with E-state index in [2.05, 4.69) is 5.32 Å². The van der Waals surface area contributed by atoms with Crippen LogP contribution in [0.15, 0.2) is 59.5 Å². The number of nitrogens with one attached hydrogen (secondary N) is 1. The summed E-state index contributed by atoms with van der Waals surface area (Å²) in [5.41, 5.74) is 0.889. The Balaban J connectivity index is 1.92. The number of nitrogens with zero attached hydrogens (tertiary/aromatic N) is 1. The van der Waals surface area contributed by atoms with E-state index in [1.807, 2.05) is 61.5 Å².